The first-order valence-corrected chi connectivity index (χ1v) is 6.19. The zero-order valence-electron chi connectivity index (χ0n) is 10.2. The Labute approximate surface area is 101 Å². The van der Waals surface area contributed by atoms with E-state index in [4.69, 9.17) is 5.73 Å². The van der Waals surface area contributed by atoms with Gasteiger partial charge in [0.15, 0.2) is 0 Å². The van der Waals surface area contributed by atoms with Crippen LogP contribution in [-0.2, 0) is 9.59 Å². The van der Waals surface area contributed by atoms with Crippen LogP contribution >= 0.6 is 0 Å². The summed E-state index contributed by atoms with van der Waals surface area (Å²) in [5, 5.41) is 12.2. The molecular formula is C12H20N2O3. The van der Waals surface area contributed by atoms with Crippen molar-refractivity contribution in [2.24, 2.45) is 16.6 Å². The van der Waals surface area contributed by atoms with Gasteiger partial charge in [-0.2, -0.15) is 0 Å². The van der Waals surface area contributed by atoms with Gasteiger partial charge in [0, 0.05) is 12.6 Å². The average Bonchev–Trinajstić information content (AvgIpc) is 3.00. The zero-order valence-corrected chi connectivity index (χ0v) is 10.2. The van der Waals surface area contributed by atoms with Crippen LogP contribution in [0.1, 0.15) is 39.0 Å². The van der Waals surface area contributed by atoms with Crippen LogP contribution in [0.4, 0.5) is 0 Å². The molecule has 0 saturated heterocycles. The number of aliphatic carboxylic acids is 1. The molecular weight excluding hydrogens is 220 g/mol. The molecule has 2 saturated carbocycles. The molecule has 96 valence electrons. The van der Waals surface area contributed by atoms with Crippen LogP contribution in [0.5, 0.6) is 0 Å². The summed E-state index contributed by atoms with van der Waals surface area (Å²) in [6.07, 6.45) is 3.87. The Morgan fingerprint density at radius 2 is 2.06 bits per heavy atom. The van der Waals surface area contributed by atoms with Crippen molar-refractivity contribution >= 4 is 11.9 Å². The molecule has 2 fully saturated rings. The van der Waals surface area contributed by atoms with Crippen LogP contribution in [0, 0.1) is 10.8 Å². The van der Waals surface area contributed by atoms with E-state index in [2.05, 4.69) is 5.32 Å². The van der Waals surface area contributed by atoms with Crippen LogP contribution in [0.2, 0.25) is 0 Å². The van der Waals surface area contributed by atoms with Gasteiger partial charge in [0.25, 0.3) is 0 Å². The first-order chi connectivity index (χ1) is 7.94. The van der Waals surface area contributed by atoms with E-state index in [0.717, 1.165) is 25.7 Å². The SMILES string of the molecule is CC1(C(=O)O)CCCC1NC(=O)C1(CN)CC1. The molecule has 2 atom stereocenters. The molecule has 1 amide bonds. The Kier molecular flexibility index (Phi) is 2.89. The standard InChI is InChI=1S/C12H20N2O3/c1-11(10(16)17)4-2-3-8(11)14-9(15)12(7-13)5-6-12/h8H,2-7,13H2,1H3,(H,14,15)(H,16,17). The molecule has 2 rings (SSSR count). The Morgan fingerprint density at radius 1 is 1.41 bits per heavy atom. The maximum absolute atomic E-state index is 12.0. The third-order valence-electron chi connectivity index (χ3n) is 4.48. The quantitative estimate of drug-likeness (QED) is 0.666. The molecule has 0 aromatic rings. The van der Waals surface area contributed by atoms with E-state index >= 15 is 0 Å². The van der Waals surface area contributed by atoms with Crippen molar-refractivity contribution in [3.05, 3.63) is 0 Å². The summed E-state index contributed by atoms with van der Waals surface area (Å²) in [4.78, 5) is 23.3. The first-order valence-electron chi connectivity index (χ1n) is 6.19. The second-order valence-corrected chi connectivity index (χ2v) is 5.63. The number of nitrogens with one attached hydrogen (secondary N) is 1. The van der Waals surface area contributed by atoms with Crippen molar-refractivity contribution in [2.45, 2.75) is 45.1 Å². The molecule has 0 bridgehead atoms. The molecule has 5 heteroatoms. The molecule has 17 heavy (non-hydrogen) atoms. The number of hydrogen-bond donors (Lipinski definition) is 3. The summed E-state index contributed by atoms with van der Waals surface area (Å²) < 4.78 is 0. The van der Waals surface area contributed by atoms with Crippen LogP contribution < -0.4 is 11.1 Å². The first kappa shape index (κ1) is 12.4. The van der Waals surface area contributed by atoms with Crippen LogP contribution in [-0.4, -0.2) is 29.6 Å². The highest BCUT2D eigenvalue weighted by atomic mass is 16.4. The molecule has 2 aliphatic rings. The number of carbonyl (C=O) groups is 2. The number of rotatable bonds is 4. The smallest absolute Gasteiger partial charge is 0.311 e. The molecule has 0 aromatic heterocycles. The van der Waals surface area contributed by atoms with E-state index in [1.165, 1.54) is 0 Å². The molecule has 5 nitrogen and oxygen atoms in total. The zero-order chi connectivity index (χ0) is 12.7. The van der Waals surface area contributed by atoms with Gasteiger partial charge < -0.3 is 16.2 Å². The number of carbonyl (C=O) groups excluding carboxylic acids is 1. The average molecular weight is 240 g/mol. The fraction of sp³-hybridized carbons (Fsp3) is 0.833. The Hall–Kier alpha value is -1.10. The predicted octanol–water partition coefficient (Wildman–Crippen LogP) is 0.485. The van der Waals surface area contributed by atoms with E-state index in [9.17, 15) is 14.7 Å². The third-order valence-corrected chi connectivity index (χ3v) is 4.48. The molecule has 0 aliphatic heterocycles. The molecule has 4 N–H and O–H groups in total. The molecule has 0 heterocycles. The number of nitrogens with two attached hydrogens (primary N) is 1. The van der Waals surface area contributed by atoms with Gasteiger partial charge in [-0.15, -0.1) is 0 Å². The minimum Gasteiger partial charge on any atom is -0.481 e. The van der Waals surface area contributed by atoms with Crippen LogP contribution in [0.15, 0.2) is 0 Å². The lowest BCUT2D eigenvalue weighted by molar-refractivity contribution is -0.149. The van der Waals surface area contributed by atoms with Crippen LogP contribution in [0.3, 0.4) is 0 Å². The second-order valence-electron chi connectivity index (χ2n) is 5.63. The summed E-state index contributed by atoms with van der Waals surface area (Å²) in [5.41, 5.74) is 4.37. The molecule has 0 aromatic carbocycles. The topological polar surface area (TPSA) is 92.4 Å². The summed E-state index contributed by atoms with van der Waals surface area (Å²) in [5.74, 6) is -0.878. The van der Waals surface area contributed by atoms with Crippen molar-refractivity contribution in [1.29, 1.82) is 0 Å². The van der Waals surface area contributed by atoms with Gasteiger partial charge >= 0.3 is 5.97 Å². The van der Waals surface area contributed by atoms with E-state index in [-0.39, 0.29) is 11.9 Å². The fourth-order valence-corrected chi connectivity index (χ4v) is 2.64. The molecule has 0 spiro atoms. The summed E-state index contributed by atoms with van der Waals surface area (Å²) >= 11 is 0. The van der Waals surface area contributed by atoms with Crippen LogP contribution in [0.25, 0.3) is 0 Å². The summed E-state index contributed by atoms with van der Waals surface area (Å²) in [7, 11) is 0. The Balaban J connectivity index is 2.04. The van der Waals surface area contributed by atoms with E-state index < -0.39 is 16.8 Å². The molecule has 2 aliphatic carbocycles. The van der Waals surface area contributed by atoms with Crippen molar-refractivity contribution in [3.63, 3.8) is 0 Å². The number of carboxylic acid groups (broad SMARTS) is 1. The third kappa shape index (κ3) is 1.92. The summed E-state index contributed by atoms with van der Waals surface area (Å²) in [6, 6.07) is -0.253. The maximum atomic E-state index is 12.0. The minimum absolute atomic E-state index is 0.0561. The van der Waals surface area contributed by atoms with Crippen molar-refractivity contribution < 1.29 is 14.7 Å². The van der Waals surface area contributed by atoms with Gasteiger partial charge in [0.1, 0.15) is 0 Å². The van der Waals surface area contributed by atoms with Gasteiger partial charge in [-0.3, -0.25) is 9.59 Å². The highest BCUT2D eigenvalue weighted by Gasteiger charge is 2.52. The Morgan fingerprint density at radius 3 is 2.53 bits per heavy atom. The van der Waals surface area contributed by atoms with E-state index in [1.807, 2.05) is 0 Å². The van der Waals surface area contributed by atoms with Gasteiger partial charge in [0.05, 0.1) is 10.8 Å². The van der Waals surface area contributed by atoms with E-state index in [1.54, 1.807) is 6.92 Å². The minimum atomic E-state index is -0.821. The maximum Gasteiger partial charge on any atom is 0.311 e. The summed E-state index contributed by atoms with van der Waals surface area (Å²) in [6.45, 7) is 2.07. The highest BCUT2D eigenvalue weighted by Crippen LogP contribution is 2.46. The van der Waals surface area contributed by atoms with Gasteiger partial charge in [-0.25, -0.2) is 0 Å². The number of amides is 1. The fourth-order valence-electron chi connectivity index (χ4n) is 2.64. The lowest BCUT2D eigenvalue weighted by Crippen LogP contribution is -2.50. The van der Waals surface area contributed by atoms with E-state index in [0.29, 0.717) is 13.0 Å². The number of hydrogen-bond acceptors (Lipinski definition) is 3. The van der Waals surface area contributed by atoms with Crippen molar-refractivity contribution in [3.8, 4) is 0 Å². The normalized spacial score (nSPS) is 34.4. The number of carboxylic acids is 1. The molecule has 2 unspecified atom stereocenters. The largest absolute Gasteiger partial charge is 0.481 e. The lowest BCUT2D eigenvalue weighted by Gasteiger charge is -2.29. The van der Waals surface area contributed by atoms with Crippen molar-refractivity contribution in [2.75, 3.05) is 6.54 Å². The highest BCUT2D eigenvalue weighted by molar-refractivity contribution is 5.87. The van der Waals surface area contributed by atoms with Crippen molar-refractivity contribution in [1.82, 2.24) is 5.32 Å². The molecule has 0 radical (unpaired) electrons. The van der Waals surface area contributed by atoms with Gasteiger partial charge in [-0.1, -0.05) is 6.42 Å². The lowest BCUT2D eigenvalue weighted by atomic mass is 9.84. The van der Waals surface area contributed by atoms with Gasteiger partial charge in [-0.05, 0) is 32.6 Å². The predicted molar refractivity (Wildman–Crippen MR) is 62.2 cm³/mol. The van der Waals surface area contributed by atoms with Gasteiger partial charge in [0.2, 0.25) is 5.91 Å². The Bertz CT molecular complexity index is 352. The monoisotopic (exact) mass is 240 g/mol. The second kappa shape index (κ2) is 3.98.